The smallest absolute Gasteiger partial charge is 0.410 e. The number of amides is 3. The number of piperidine rings is 1. The van der Waals surface area contributed by atoms with Gasteiger partial charge in [-0.3, -0.25) is 0 Å². The van der Waals surface area contributed by atoms with E-state index >= 15 is 0 Å². The Kier molecular flexibility index (Phi) is 3.94. The van der Waals surface area contributed by atoms with Crippen molar-refractivity contribution < 1.29 is 19.4 Å². The molecule has 0 radical (unpaired) electrons. The standard InChI is InChI=1S/C16H27N3O4/c1-15(2,3)23-14(22)19-10-16(11-19)8-18(9-16)13(21)17-6-4-12(20)5-7-17/h12,20H,4-11H2,1-3H3. The molecular weight excluding hydrogens is 298 g/mol. The zero-order chi connectivity index (χ0) is 16.8. The highest BCUT2D eigenvalue weighted by molar-refractivity contribution is 5.76. The summed E-state index contributed by atoms with van der Waals surface area (Å²) in [5.41, 5.74) is -0.401. The predicted octanol–water partition coefficient (Wildman–Crippen LogP) is 1.12. The number of rotatable bonds is 0. The van der Waals surface area contributed by atoms with Crippen LogP contribution in [0.15, 0.2) is 0 Å². The van der Waals surface area contributed by atoms with Crippen molar-refractivity contribution in [3.63, 3.8) is 0 Å². The first-order valence-electron chi connectivity index (χ1n) is 8.37. The Morgan fingerprint density at radius 1 is 1.00 bits per heavy atom. The molecule has 0 atom stereocenters. The van der Waals surface area contributed by atoms with E-state index in [-0.39, 0.29) is 23.6 Å². The average molecular weight is 325 g/mol. The number of aliphatic hydroxyl groups is 1. The van der Waals surface area contributed by atoms with E-state index in [1.54, 1.807) is 4.90 Å². The molecule has 3 aliphatic heterocycles. The number of nitrogens with zero attached hydrogens (tertiary/aromatic N) is 3. The van der Waals surface area contributed by atoms with Crippen LogP contribution in [0.5, 0.6) is 0 Å². The first kappa shape index (κ1) is 16.4. The fraction of sp³-hybridized carbons (Fsp3) is 0.875. The summed E-state index contributed by atoms with van der Waals surface area (Å²) in [6, 6.07) is 0.0678. The maximum Gasteiger partial charge on any atom is 0.410 e. The zero-order valence-corrected chi connectivity index (χ0v) is 14.2. The van der Waals surface area contributed by atoms with Gasteiger partial charge in [-0.15, -0.1) is 0 Å². The van der Waals surface area contributed by atoms with Crippen molar-refractivity contribution >= 4 is 12.1 Å². The largest absolute Gasteiger partial charge is 0.444 e. The molecule has 23 heavy (non-hydrogen) atoms. The molecule has 0 aromatic carbocycles. The number of carbonyl (C=O) groups is 2. The van der Waals surface area contributed by atoms with Crippen LogP contribution in [0.4, 0.5) is 9.59 Å². The fourth-order valence-corrected chi connectivity index (χ4v) is 3.57. The van der Waals surface area contributed by atoms with Crippen LogP contribution >= 0.6 is 0 Å². The van der Waals surface area contributed by atoms with Gasteiger partial charge < -0.3 is 24.5 Å². The van der Waals surface area contributed by atoms with Gasteiger partial charge in [-0.05, 0) is 33.6 Å². The number of urea groups is 1. The van der Waals surface area contributed by atoms with Crippen LogP contribution in [-0.4, -0.2) is 82.9 Å². The van der Waals surface area contributed by atoms with Crippen LogP contribution in [0.3, 0.4) is 0 Å². The van der Waals surface area contributed by atoms with Crippen molar-refractivity contribution in [1.29, 1.82) is 0 Å². The molecule has 3 saturated heterocycles. The van der Waals surface area contributed by atoms with E-state index in [9.17, 15) is 14.7 Å². The van der Waals surface area contributed by atoms with Gasteiger partial charge in [-0.25, -0.2) is 9.59 Å². The van der Waals surface area contributed by atoms with Gasteiger partial charge in [0.1, 0.15) is 5.60 Å². The van der Waals surface area contributed by atoms with Crippen molar-refractivity contribution in [2.75, 3.05) is 39.3 Å². The lowest BCUT2D eigenvalue weighted by atomic mass is 9.73. The van der Waals surface area contributed by atoms with E-state index in [1.165, 1.54) is 0 Å². The number of carbonyl (C=O) groups excluding carboxylic acids is 2. The highest BCUT2D eigenvalue weighted by atomic mass is 16.6. The van der Waals surface area contributed by atoms with Crippen molar-refractivity contribution in [2.45, 2.75) is 45.3 Å². The molecule has 3 aliphatic rings. The van der Waals surface area contributed by atoms with E-state index in [1.807, 2.05) is 30.6 Å². The van der Waals surface area contributed by atoms with E-state index in [0.717, 1.165) is 0 Å². The van der Waals surface area contributed by atoms with Crippen LogP contribution in [0.2, 0.25) is 0 Å². The lowest BCUT2D eigenvalue weighted by molar-refractivity contribution is -0.0995. The summed E-state index contributed by atoms with van der Waals surface area (Å²) < 4.78 is 5.36. The second-order valence-corrected chi connectivity index (χ2v) is 8.19. The van der Waals surface area contributed by atoms with Gasteiger partial charge in [-0.2, -0.15) is 0 Å². The molecule has 3 heterocycles. The molecule has 0 aromatic heterocycles. The molecule has 1 spiro atoms. The minimum atomic E-state index is -0.472. The summed E-state index contributed by atoms with van der Waals surface area (Å²) in [7, 11) is 0. The molecular formula is C16H27N3O4. The van der Waals surface area contributed by atoms with Crippen LogP contribution in [0.1, 0.15) is 33.6 Å². The fourth-order valence-electron chi connectivity index (χ4n) is 3.57. The van der Waals surface area contributed by atoms with E-state index in [0.29, 0.717) is 52.1 Å². The maximum atomic E-state index is 12.4. The van der Waals surface area contributed by atoms with Gasteiger partial charge in [0.15, 0.2) is 0 Å². The van der Waals surface area contributed by atoms with E-state index < -0.39 is 5.60 Å². The van der Waals surface area contributed by atoms with E-state index in [2.05, 4.69) is 0 Å². The molecule has 7 heteroatoms. The Balaban J connectivity index is 1.42. The maximum absolute atomic E-state index is 12.4. The Morgan fingerprint density at radius 2 is 1.52 bits per heavy atom. The van der Waals surface area contributed by atoms with Gasteiger partial charge in [-0.1, -0.05) is 0 Å². The van der Waals surface area contributed by atoms with Crippen molar-refractivity contribution in [3.05, 3.63) is 0 Å². The molecule has 0 unspecified atom stereocenters. The third kappa shape index (κ3) is 3.39. The molecule has 3 rings (SSSR count). The van der Waals surface area contributed by atoms with Crippen molar-refractivity contribution in [3.8, 4) is 0 Å². The summed E-state index contributed by atoms with van der Waals surface area (Å²) in [5, 5.41) is 9.51. The topological polar surface area (TPSA) is 73.3 Å². The van der Waals surface area contributed by atoms with Crippen molar-refractivity contribution in [1.82, 2.24) is 14.7 Å². The summed E-state index contributed by atoms with van der Waals surface area (Å²) in [6.07, 6.45) is 0.794. The van der Waals surface area contributed by atoms with Gasteiger partial charge in [0.25, 0.3) is 0 Å². The van der Waals surface area contributed by atoms with Gasteiger partial charge >= 0.3 is 12.1 Å². The molecule has 3 amide bonds. The Morgan fingerprint density at radius 3 is 2.04 bits per heavy atom. The Bertz CT molecular complexity index is 480. The summed E-state index contributed by atoms with van der Waals surface area (Å²) in [4.78, 5) is 29.7. The van der Waals surface area contributed by atoms with Crippen LogP contribution in [-0.2, 0) is 4.74 Å². The summed E-state index contributed by atoms with van der Waals surface area (Å²) in [5.74, 6) is 0. The van der Waals surface area contributed by atoms with Crippen LogP contribution < -0.4 is 0 Å². The summed E-state index contributed by atoms with van der Waals surface area (Å²) in [6.45, 7) is 9.61. The summed E-state index contributed by atoms with van der Waals surface area (Å²) >= 11 is 0. The molecule has 3 fully saturated rings. The van der Waals surface area contributed by atoms with Crippen LogP contribution in [0, 0.1) is 5.41 Å². The highest BCUT2D eigenvalue weighted by Crippen LogP contribution is 2.40. The molecule has 0 aliphatic carbocycles. The highest BCUT2D eigenvalue weighted by Gasteiger charge is 2.55. The van der Waals surface area contributed by atoms with Crippen molar-refractivity contribution in [2.24, 2.45) is 5.41 Å². The Hall–Kier alpha value is -1.50. The molecule has 0 saturated carbocycles. The average Bonchev–Trinajstić information content (AvgIpc) is 2.33. The molecule has 130 valence electrons. The number of hydrogen-bond donors (Lipinski definition) is 1. The number of aliphatic hydroxyl groups excluding tert-OH is 1. The van der Waals surface area contributed by atoms with Gasteiger partial charge in [0, 0.05) is 44.7 Å². The first-order chi connectivity index (χ1) is 10.7. The van der Waals surface area contributed by atoms with Gasteiger partial charge in [0.05, 0.1) is 6.10 Å². The lowest BCUT2D eigenvalue weighted by Crippen LogP contribution is -2.74. The minimum Gasteiger partial charge on any atom is -0.444 e. The monoisotopic (exact) mass is 325 g/mol. The number of ether oxygens (including phenoxy) is 1. The van der Waals surface area contributed by atoms with Gasteiger partial charge in [0.2, 0.25) is 0 Å². The molecule has 0 bridgehead atoms. The second kappa shape index (κ2) is 5.54. The third-order valence-corrected chi connectivity index (χ3v) is 4.76. The Labute approximate surface area is 137 Å². The quantitative estimate of drug-likeness (QED) is 0.724. The molecule has 7 nitrogen and oxygen atoms in total. The predicted molar refractivity (Wildman–Crippen MR) is 84.0 cm³/mol. The first-order valence-corrected chi connectivity index (χ1v) is 8.37. The number of hydrogen-bond acceptors (Lipinski definition) is 4. The zero-order valence-electron chi connectivity index (χ0n) is 14.2. The number of likely N-dealkylation sites (tertiary alicyclic amines) is 3. The minimum absolute atomic E-state index is 0.0678. The lowest BCUT2D eigenvalue weighted by Gasteiger charge is -2.60. The van der Waals surface area contributed by atoms with Crippen LogP contribution in [0.25, 0.3) is 0 Å². The van der Waals surface area contributed by atoms with E-state index in [4.69, 9.17) is 4.74 Å². The third-order valence-electron chi connectivity index (χ3n) is 4.76. The normalized spacial score (nSPS) is 24.3. The SMILES string of the molecule is CC(C)(C)OC(=O)N1CC2(C1)CN(C(=O)N1CCC(O)CC1)C2. The molecule has 1 N–H and O–H groups in total. The molecule has 0 aromatic rings. The second-order valence-electron chi connectivity index (χ2n) is 8.19.